The van der Waals surface area contributed by atoms with Crippen LogP contribution in [0.25, 0.3) is 0 Å². The van der Waals surface area contributed by atoms with Gasteiger partial charge in [0.2, 0.25) is 5.78 Å². The second-order valence-electron chi connectivity index (χ2n) is 4.65. The Morgan fingerprint density at radius 3 is 2.55 bits per heavy atom. The van der Waals surface area contributed by atoms with Crippen molar-refractivity contribution >= 4 is 17.4 Å². The predicted molar refractivity (Wildman–Crippen MR) is 81.7 cm³/mol. The molecular weight excluding hydrogens is 272 g/mol. The fourth-order valence-corrected chi connectivity index (χ4v) is 2.13. The molecule has 1 atom stereocenters. The van der Waals surface area contributed by atoms with Gasteiger partial charge >= 0.3 is 0 Å². The number of aryl methyl sites for hydroxylation is 1. The molecule has 2 nitrogen and oxygen atoms in total. The number of carbonyl (C=O) groups excluding carboxylic acids is 1. The maximum Gasteiger partial charge on any atom is 0.203 e. The fraction of sp³-hybridized carbons (Fsp3) is 0.235. The van der Waals surface area contributed by atoms with Gasteiger partial charge in [-0.05, 0) is 31.0 Å². The highest BCUT2D eigenvalue weighted by atomic mass is 35.5. The average molecular weight is 289 g/mol. The van der Waals surface area contributed by atoms with Gasteiger partial charge in [-0.25, -0.2) is 0 Å². The third-order valence-electron chi connectivity index (χ3n) is 3.14. The van der Waals surface area contributed by atoms with Crippen molar-refractivity contribution in [3.05, 3.63) is 64.7 Å². The zero-order chi connectivity index (χ0) is 14.5. The summed E-state index contributed by atoms with van der Waals surface area (Å²) in [6.45, 7) is 3.87. The molecule has 2 aromatic carbocycles. The van der Waals surface area contributed by atoms with E-state index in [0.29, 0.717) is 22.8 Å². The van der Waals surface area contributed by atoms with E-state index in [4.69, 9.17) is 16.3 Å². The number of Topliss-reactive ketones (excluding diaryl/α,β-unsaturated/α-hetero) is 1. The van der Waals surface area contributed by atoms with Gasteiger partial charge in [-0.3, -0.25) is 4.79 Å². The number of benzene rings is 2. The van der Waals surface area contributed by atoms with Crippen molar-refractivity contribution in [1.29, 1.82) is 0 Å². The van der Waals surface area contributed by atoms with E-state index < -0.39 is 6.10 Å². The fourth-order valence-electron chi connectivity index (χ4n) is 1.96. The highest BCUT2D eigenvalue weighted by Gasteiger charge is 2.20. The van der Waals surface area contributed by atoms with Crippen molar-refractivity contribution in [3.63, 3.8) is 0 Å². The lowest BCUT2D eigenvalue weighted by atomic mass is 10.0. The summed E-state index contributed by atoms with van der Waals surface area (Å²) in [6.07, 6.45) is 0.120. The van der Waals surface area contributed by atoms with Gasteiger partial charge in [0.05, 0.1) is 0 Å². The molecular formula is C17H17ClO2. The van der Waals surface area contributed by atoms with Crippen LogP contribution in [0.5, 0.6) is 5.75 Å². The lowest BCUT2D eigenvalue weighted by molar-refractivity contribution is 0.0785. The Hall–Kier alpha value is -1.80. The Labute approximate surface area is 124 Å². The van der Waals surface area contributed by atoms with E-state index in [1.165, 1.54) is 0 Å². The summed E-state index contributed by atoms with van der Waals surface area (Å²) in [5.41, 5.74) is 1.63. The first kappa shape index (κ1) is 14.6. The molecule has 0 saturated carbocycles. The summed E-state index contributed by atoms with van der Waals surface area (Å²) in [5.74, 6) is 0.654. The Bertz CT molecular complexity index is 593. The standard InChI is InChI=1S/C17H17ClO2/c1-3-15(17(19)13-7-5-4-6-8-13)20-16-11-14(18)10-9-12(16)2/h4-11,15H,3H2,1-2H3. The third-order valence-corrected chi connectivity index (χ3v) is 3.38. The molecule has 0 spiro atoms. The van der Waals surface area contributed by atoms with Crippen LogP contribution < -0.4 is 4.74 Å². The lowest BCUT2D eigenvalue weighted by Crippen LogP contribution is -2.27. The maximum absolute atomic E-state index is 12.4. The summed E-state index contributed by atoms with van der Waals surface area (Å²) in [4.78, 5) is 12.4. The molecule has 0 N–H and O–H groups in total. The molecule has 0 aliphatic rings. The van der Waals surface area contributed by atoms with Crippen molar-refractivity contribution < 1.29 is 9.53 Å². The van der Waals surface area contributed by atoms with Crippen LogP contribution in [0, 0.1) is 6.92 Å². The largest absolute Gasteiger partial charge is 0.482 e. The molecule has 0 heterocycles. The van der Waals surface area contributed by atoms with Crippen LogP contribution in [0.2, 0.25) is 5.02 Å². The van der Waals surface area contributed by atoms with Gasteiger partial charge in [0.25, 0.3) is 0 Å². The van der Waals surface area contributed by atoms with Crippen molar-refractivity contribution in [3.8, 4) is 5.75 Å². The van der Waals surface area contributed by atoms with Gasteiger partial charge in [-0.1, -0.05) is 54.9 Å². The zero-order valence-corrected chi connectivity index (χ0v) is 12.4. The summed E-state index contributed by atoms with van der Waals surface area (Å²) in [6, 6.07) is 14.6. The second kappa shape index (κ2) is 6.58. The molecule has 2 rings (SSSR count). The Morgan fingerprint density at radius 2 is 1.90 bits per heavy atom. The van der Waals surface area contributed by atoms with E-state index in [9.17, 15) is 4.79 Å². The molecule has 0 aromatic heterocycles. The first-order valence-electron chi connectivity index (χ1n) is 6.64. The van der Waals surface area contributed by atoms with E-state index in [-0.39, 0.29) is 5.78 Å². The molecule has 1 unspecified atom stereocenters. The minimum absolute atomic E-state index is 0.00697. The number of ether oxygens (including phenoxy) is 1. The Kier molecular flexibility index (Phi) is 4.80. The van der Waals surface area contributed by atoms with Gasteiger partial charge in [0.15, 0.2) is 6.10 Å². The molecule has 104 valence electrons. The monoisotopic (exact) mass is 288 g/mol. The van der Waals surface area contributed by atoms with Crippen LogP contribution in [-0.2, 0) is 0 Å². The molecule has 0 radical (unpaired) electrons. The van der Waals surface area contributed by atoms with E-state index in [1.807, 2.05) is 44.2 Å². The van der Waals surface area contributed by atoms with E-state index >= 15 is 0 Å². The SMILES string of the molecule is CCC(Oc1cc(Cl)ccc1C)C(=O)c1ccccc1. The van der Waals surface area contributed by atoms with Crippen LogP contribution in [0.1, 0.15) is 29.3 Å². The van der Waals surface area contributed by atoms with E-state index in [0.717, 1.165) is 5.56 Å². The van der Waals surface area contributed by atoms with Crippen LogP contribution in [0.15, 0.2) is 48.5 Å². The number of carbonyl (C=O) groups is 1. The van der Waals surface area contributed by atoms with E-state index in [2.05, 4.69) is 0 Å². The van der Waals surface area contributed by atoms with Crippen molar-refractivity contribution in [2.45, 2.75) is 26.4 Å². The predicted octanol–water partition coefficient (Wildman–Crippen LogP) is 4.69. The topological polar surface area (TPSA) is 26.3 Å². The first-order chi connectivity index (χ1) is 9.61. The minimum Gasteiger partial charge on any atom is -0.482 e. The normalized spacial score (nSPS) is 11.9. The quantitative estimate of drug-likeness (QED) is 0.746. The molecule has 3 heteroatoms. The smallest absolute Gasteiger partial charge is 0.203 e. The van der Waals surface area contributed by atoms with Crippen LogP contribution in [0.3, 0.4) is 0 Å². The Balaban J connectivity index is 2.21. The maximum atomic E-state index is 12.4. The van der Waals surface area contributed by atoms with Crippen molar-refractivity contribution in [2.75, 3.05) is 0 Å². The lowest BCUT2D eigenvalue weighted by Gasteiger charge is -2.18. The second-order valence-corrected chi connectivity index (χ2v) is 5.09. The van der Waals surface area contributed by atoms with Gasteiger partial charge in [-0.15, -0.1) is 0 Å². The summed E-state index contributed by atoms with van der Waals surface area (Å²) in [7, 11) is 0. The van der Waals surface area contributed by atoms with Gasteiger partial charge in [0, 0.05) is 10.6 Å². The summed E-state index contributed by atoms with van der Waals surface area (Å²) in [5, 5.41) is 0.604. The van der Waals surface area contributed by atoms with Crippen molar-refractivity contribution in [1.82, 2.24) is 0 Å². The molecule has 0 amide bonds. The average Bonchev–Trinajstić information content (AvgIpc) is 2.48. The summed E-state index contributed by atoms with van der Waals surface area (Å²) >= 11 is 5.98. The highest BCUT2D eigenvalue weighted by molar-refractivity contribution is 6.30. The van der Waals surface area contributed by atoms with E-state index in [1.54, 1.807) is 18.2 Å². The van der Waals surface area contributed by atoms with Gasteiger partial charge in [-0.2, -0.15) is 0 Å². The number of hydrogen-bond acceptors (Lipinski definition) is 2. The third kappa shape index (κ3) is 3.40. The number of ketones is 1. The molecule has 0 aliphatic carbocycles. The molecule has 2 aromatic rings. The van der Waals surface area contributed by atoms with Crippen LogP contribution in [-0.4, -0.2) is 11.9 Å². The first-order valence-corrected chi connectivity index (χ1v) is 7.01. The van der Waals surface area contributed by atoms with Crippen LogP contribution >= 0.6 is 11.6 Å². The Morgan fingerprint density at radius 1 is 1.20 bits per heavy atom. The molecule has 0 fully saturated rings. The molecule has 0 aliphatic heterocycles. The zero-order valence-electron chi connectivity index (χ0n) is 11.6. The molecule has 20 heavy (non-hydrogen) atoms. The van der Waals surface area contributed by atoms with Crippen molar-refractivity contribution in [2.24, 2.45) is 0 Å². The number of hydrogen-bond donors (Lipinski definition) is 0. The molecule has 0 saturated heterocycles. The number of rotatable bonds is 5. The summed E-state index contributed by atoms with van der Waals surface area (Å²) < 4.78 is 5.86. The minimum atomic E-state index is -0.491. The van der Waals surface area contributed by atoms with Gasteiger partial charge < -0.3 is 4.74 Å². The van der Waals surface area contributed by atoms with Gasteiger partial charge in [0.1, 0.15) is 5.75 Å². The van der Waals surface area contributed by atoms with Crippen LogP contribution in [0.4, 0.5) is 0 Å². The number of halogens is 1. The molecule has 0 bridgehead atoms. The highest BCUT2D eigenvalue weighted by Crippen LogP contribution is 2.25.